The zero-order valence-corrected chi connectivity index (χ0v) is 47.2. The minimum absolute atomic E-state index is 0. The Balaban J connectivity index is 0.00000520. The maximum Gasteiger partial charge on any atom is 1.00 e. The molecule has 384 valence electrons. The minimum atomic E-state index is -5.69. The van der Waals surface area contributed by atoms with E-state index in [4.69, 9.17) is 21.9 Å². The Kier molecular flexibility index (Phi) is 18.6. The molecule has 0 saturated heterocycles. The summed E-state index contributed by atoms with van der Waals surface area (Å²) in [4.78, 5) is 7.42. The fourth-order valence-electron chi connectivity index (χ4n) is 6.57. The third-order valence-electron chi connectivity index (χ3n) is 9.62. The van der Waals surface area contributed by atoms with E-state index in [9.17, 15) is 73.8 Å². The monoisotopic (exact) mass is 1190 g/mol. The quantitative estimate of drug-likeness (QED) is 0.0257. The number of nitrogen functional groups attached to an aromatic ring is 1. The smallest absolute Gasteiger partial charge is 0.744 e. The number of nitrogens with one attached hydrogen (secondary N) is 2. The summed E-state index contributed by atoms with van der Waals surface area (Å²) in [5.74, 6) is -3.33. The molecule has 0 bridgehead atoms. The number of nitrogens with zero attached hydrogens (tertiary/aromatic N) is 7. The van der Waals surface area contributed by atoms with Crippen LogP contribution in [0.1, 0.15) is 0 Å². The third-order valence-corrected chi connectivity index (χ3v) is 15.5. The van der Waals surface area contributed by atoms with Crippen LogP contribution in [-0.4, -0.2) is 106 Å². The number of fused-ring (bicyclic) bond motifs is 2. The van der Waals surface area contributed by atoms with Crippen molar-refractivity contribution >= 4 is 146 Å². The first-order valence-corrected chi connectivity index (χ1v) is 28.3. The number of halogens is 1. The zero-order valence-electron chi connectivity index (χ0n) is 37.5. The molecule has 1 aromatic heterocycles. The second kappa shape index (κ2) is 22.9. The van der Waals surface area contributed by atoms with Crippen molar-refractivity contribution in [3.63, 3.8) is 0 Å². The van der Waals surface area contributed by atoms with Gasteiger partial charge in [-0.1, -0.05) is 30.3 Å². The molecule has 0 atom stereocenters. The Morgan fingerprint density at radius 2 is 1.24 bits per heavy atom. The Morgan fingerprint density at radius 3 is 1.83 bits per heavy atom. The summed E-state index contributed by atoms with van der Waals surface area (Å²) in [6.07, 6.45) is 0. The second-order valence-corrected chi connectivity index (χ2v) is 23.5. The van der Waals surface area contributed by atoms with Crippen LogP contribution >= 0.6 is 11.6 Å². The number of rotatable bonds is 17. The van der Waals surface area contributed by atoms with E-state index in [1.165, 1.54) is 24.3 Å². The second-order valence-electron chi connectivity index (χ2n) is 14.5. The van der Waals surface area contributed by atoms with Gasteiger partial charge >= 0.3 is 69.5 Å². The SMILES string of the molecule is Nc1cc(Nc2nc(Cl)nc(Nc3cc(S(=O)(=O)[O-])cc4cc(S(=O)(=O)[O-])c(N=Nc5ccc6ccccc6c5S(=O)(=O)O)c(O)c34)n2)c(N=Nc2ccc(S(=O)(=O)CCOS(=O)(=O)O)cc2)cc1S(=O)(=O)O.[Na+].[Na+]. The molecule has 8 N–H and O–H groups in total. The van der Waals surface area contributed by atoms with Gasteiger partial charge in [-0.15, -0.1) is 15.3 Å². The van der Waals surface area contributed by atoms with Gasteiger partial charge in [-0.05, 0) is 83.0 Å². The first-order valence-electron chi connectivity index (χ1n) is 19.2. The van der Waals surface area contributed by atoms with Gasteiger partial charge < -0.3 is 30.6 Å². The first-order chi connectivity index (χ1) is 33.8. The van der Waals surface area contributed by atoms with Crippen LogP contribution in [0.4, 0.5) is 51.7 Å². The van der Waals surface area contributed by atoms with Crippen molar-refractivity contribution in [2.45, 2.75) is 24.5 Å². The minimum Gasteiger partial charge on any atom is -0.744 e. The van der Waals surface area contributed by atoms with Crippen LogP contribution in [0.2, 0.25) is 5.28 Å². The summed E-state index contributed by atoms with van der Waals surface area (Å²) in [6.45, 7) is -0.915. The number of sulfone groups is 1. The summed E-state index contributed by atoms with van der Waals surface area (Å²) in [5.41, 5.74) is 2.16. The van der Waals surface area contributed by atoms with E-state index >= 15 is 0 Å². The summed E-state index contributed by atoms with van der Waals surface area (Å²) in [5, 5.41) is 30.4. The van der Waals surface area contributed by atoms with Gasteiger partial charge in [-0.25, -0.2) is 29.4 Å². The molecule has 0 aliphatic rings. The normalized spacial score (nSPS) is 12.7. The van der Waals surface area contributed by atoms with Gasteiger partial charge in [-0.2, -0.15) is 45.3 Å². The van der Waals surface area contributed by atoms with Gasteiger partial charge in [0.1, 0.15) is 47.1 Å². The van der Waals surface area contributed by atoms with Crippen LogP contribution in [0.5, 0.6) is 5.75 Å². The number of aromatic nitrogens is 3. The van der Waals surface area contributed by atoms with E-state index in [1.54, 1.807) is 6.07 Å². The number of aromatic hydroxyl groups is 1. The summed E-state index contributed by atoms with van der Waals surface area (Å²) >= 11 is 6.21. The summed E-state index contributed by atoms with van der Waals surface area (Å²) in [7, 11) is -30.4. The molecule has 0 radical (unpaired) electrons. The fourth-order valence-corrected chi connectivity index (χ4v) is 10.9. The van der Waals surface area contributed by atoms with E-state index in [-0.39, 0.29) is 80.8 Å². The van der Waals surface area contributed by atoms with Crippen molar-refractivity contribution in [3.05, 3.63) is 96.3 Å². The molecule has 0 unspecified atom stereocenters. The van der Waals surface area contributed by atoms with Crippen molar-refractivity contribution in [3.8, 4) is 5.75 Å². The number of phenols is 1. The predicted molar refractivity (Wildman–Crippen MR) is 252 cm³/mol. The van der Waals surface area contributed by atoms with Crippen molar-refractivity contribution in [1.82, 2.24) is 15.0 Å². The molecule has 7 rings (SSSR count). The summed E-state index contributed by atoms with van der Waals surface area (Å²) < 4.78 is 204. The van der Waals surface area contributed by atoms with Crippen LogP contribution in [0.25, 0.3) is 21.5 Å². The predicted octanol–water partition coefficient (Wildman–Crippen LogP) is -0.660. The van der Waals surface area contributed by atoms with Gasteiger partial charge in [0.15, 0.2) is 15.6 Å². The van der Waals surface area contributed by atoms with Crippen molar-refractivity contribution in [2.24, 2.45) is 20.5 Å². The van der Waals surface area contributed by atoms with Gasteiger partial charge in [0.25, 0.3) is 20.2 Å². The molecule has 0 spiro atoms. The van der Waals surface area contributed by atoms with Crippen LogP contribution < -0.4 is 75.5 Å². The van der Waals surface area contributed by atoms with E-state index in [0.717, 1.165) is 42.5 Å². The van der Waals surface area contributed by atoms with Gasteiger partial charge in [0.2, 0.25) is 17.2 Å². The number of hydrogen-bond donors (Lipinski definition) is 7. The molecule has 0 amide bonds. The first kappa shape index (κ1) is 60.9. The fraction of sp³-hybridized carbons (Fsp3) is 0.0541. The molecule has 0 fully saturated rings. The van der Waals surface area contributed by atoms with Gasteiger partial charge in [0, 0.05) is 10.8 Å². The third kappa shape index (κ3) is 14.7. The Hall–Kier alpha value is -5.00. The Labute approximate surface area is 473 Å². The van der Waals surface area contributed by atoms with E-state index in [2.05, 4.69) is 50.2 Å². The molecule has 29 nitrogen and oxygen atoms in total. The molecule has 7 aromatic rings. The molecule has 1 heterocycles. The average molecular weight is 1190 g/mol. The van der Waals surface area contributed by atoms with Crippen molar-refractivity contribution in [2.75, 3.05) is 28.7 Å². The number of hydrogen-bond acceptors (Lipinski definition) is 26. The Bertz CT molecular complexity index is 4220. The standard InChI is InChI=1S/C37H29ClN10O19S6.2Na/c38-35-42-36(40-26-16-24(39)29(70(55,56)57)17-27(26)47-45-20-6-8-21(9-7-20)68(50,51)12-11-67-73(64,65)66)44-37(43-35)41-28-15-22(69(52,53)54)13-19-14-30(71(58,59)60)32(33(49)31(19)28)48-46-25-10-5-18-3-1-2-4-23(18)34(25)72(61,62)63;;/h1-10,13-17,49H,11-12,39H2,(H,52,53,54)(H,55,56,57)(H,58,59,60)(H,61,62,63)(H,64,65,66)(H2,40,41,42,43,44);;/q;2*+1/p-2. The molecule has 38 heteroatoms. The molecule has 0 saturated carbocycles. The van der Waals surface area contributed by atoms with Crippen molar-refractivity contribution in [1.29, 1.82) is 0 Å². The van der Waals surface area contributed by atoms with Gasteiger partial charge in [0.05, 0.1) is 49.8 Å². The number of azo groups is 2. The van der Waals surface area contributed by atoms with Gasteiger partial charge in [-0.3, -0.25) is 13.7 Å². The number of anilines is 5. The van der Waals surface area contributed by atoms with Crippen LogP contribution in [0.3, 0.4) is 0 Å². The molecule has 75 heavy (non-hydrogen) atoms. The zero-order chi connectivity index (χ0) is 53.6. The maximum atomic E-state index is 12.6. The topological polar surface area (TPSA) is 479 Å². The molecule has 0 aliphatic carbocycles. The average Bonchev–Trinajstić information content (AvgIpc) is 3.26. The molecule has 6 aromatic carbocycles. The van der Waals surface area contributed by atoms with E-state index < -0.39 is 155 Å². The number of phenolic OH excluding ortho intramolecular Hbond substituents is 1. The number of benzene rings is 6. The Morgan fingerprint density at radius 1 is 0.627 bits per heavy atom. The number of nitrogens with two attached hydrogens (primary N) is 1. The van der Waals surface area contributed by atoms with E-state index in [1.807, 2.05) is 0 Å². The molecule has 0 aliphatic heterocycles. The van der Waals surface area contributed by atoms with Crippen LogP contribution in [0.15, 0.2) is 136 Å². The van der Waals surface area contributed by atoms with Crippen LogP contribution in [0, 0.1) is 0 Å². The van der Waals surface area contributed by atoms with E-state index in [0.29, 0.717) is 23.6 Å². The van der Waals surface area contributed by atoms with Crippen LogP contribution in [-0.2, 0) is 64.9 Å². The molecular formula is C37H27ClN10Na2O19S6. The summed E-state index contributed by atoms with van der Waals surface area (Å²) in [6, 6.07) is 15.9. The largest absolute Gasteiger partial charge is 1.00 e. The molecular weight excluding hydrogens is 1160 g/mol. The maximum absolute atomic E-state index is 12.6. The van der Waals surface area contributed by atoms with Crippen molar-refractivity contribution < 1.29 is 142 Å².